The number of hydrogen-bond donors (Lipinski definition) is 1. The van der Waals surface area contributed by atoms with Crippen molar-refractivity contribution in [2.75, 3.05) is 0 Å². The predicted octanol–water partition coefficient (Wildman–Crippen LogP) is 4.19. The van der Waals surface area contributed by atoms with E-state index < -0.39 is 0 Å². The van der Waals surface area contributed by atoms with Gasteiger partial charge in [0.15, 0.2) is 0 Å². The maximum Gasteiger partial charge on any atom is 0.0350 e. The maximum atomic E-state index is 6.39. The van der Waals surface area contributed by atoms with E-state index in [0.717, 1.165) is 0 Å². The molecule has 0 heterocycles. The summed E-state index contributed by atoms with van der Waals surface area (Å²) in [5.41, 5.74) is 9.03. The lowest BCUT2D eigenvalue weighted by Crippen LogP contribution is -2.26. The first kappa shape index (κ1) is 12.1. The molecular weight excluding hydrogens is 206 g/mol. The highest BCUT2D eigenvalue weighted by Crippen LogP contribution is 2.35. The summed E-state index contributed by atoms with van der Waals surface area (Å²) in [5.74, 6) is 0. The molecule has 0 saturated carbocycles. The Morgan fingerprint density at radius 2 is 1.53 bits per heavy atom. The Balaban J connectivity index is 2.67. The monoisotopic (exact) mass is 227 g/mol. The third-order valence-electron chi connectivity index (χ3n) is 3.44. The molecule has 2 aromatic rings. The Labute approximate surface area is 104 Å². The summed E-state index contributed by atoms with van der Waals surface area (Å²) in [5, 5.41) is 2.60. The minimum Gasteiger partial charge on any atom is -0.323 e. The summed E-state index contributed by atoms with van der Waals surface area (Å²) < 4.78 is 0. The van der Waals surface area contributed by atoms with E-state index in [2.05, 4.69) is 64.1 Å². The van der Waals surface area contributed by atoms with Gasteiger partial charge in [0.25, 0.3) is 0 Å². The minimum absolute atomic E-state index is 0.0630. The van der Waals surface area contributed by atoms with Crippen LogP contribution in [0.3, 0.4) is 0 Å². The van der Waals surface area contributed by atoms with Crippen LogP contribution in [0.1, 0.15) is 37.9 Å². The van der Waals surface area contributed by atoms with Crippen LogP contribution in [-0.2, 0) is 0 Å². The molecule has 0 aliphatic carbocycles. The topological polar surface area (TPSA) is 26.0 Å². The molecule has 17 heavy (non-hydrogen) atoms. The SMILES string of the molecule is Cc1ccc(C(N)C(C)(C)C)c2ccccc12. The molecule has 0 radical (unpaired) electrons. The quantitative estimate of drug-likeness (QED) is 0.776. The second kappa shape index (κ2) is 4.15. The van der Waals surface area contributed by atoms with Gasteiger partial charge in [-0.05, 0) is 34.2 Å². The molecule has 0 saturated heterocycles. The minimum atomic E-state index is 0.0630. The van der Waals surface area contributed by atoms with Crippen LogP contribution >= 0.6 is 0 Å². The van der Waals surface area contributed by atoms with Gasteiger partial charge in [-0.1, -0.05) is 57.2 Å². The maximum absolute atomic E-state index is 6.39. The fraction of sp³-hybridized carbons (Fsp3) is 0.375. The van der Waals surface area contributed by atoms with Crippen molar-refractivity contribution in [2.45, 2.75) is 33.7 Å². The average Bonchev–Trinajstić information content (AvgIpc) is 2.28. The highest BCUT2D eigenvalue weighted by molar-refractivity contribution is 5.89. The number of benzene rings is 2. The van der Waals surface area contributed by atoms with Gasteiger partial charge >= 0.3 is 0 Å². The van der Waals surface area contributed by atoms with Crippen LogP contribution in [-0.4, -0.2) is 0 Å². The van der Waals surface area contributed by atoms with Crippen molar-refractivity contribution in [3.63, 3.8) is 0 Å². The Morgan fingerprint density at radius 1 is 0.941 bits per heavy atom. The van der Waals surface area contributed by atoms with Crippen LogP contribution in [0, 0.1) is 12.3 Å². The lowest BCUT2D eigenvalue weighted by molar-refractivity contribution is 0.328. The van der Waals surface area contributed by atoms with Crippen LogP contribution in [0.5, 0.6) is 0 Å². The lowest BCUT2D eigenvalue weighted by Gasteiger charge is -2.28. The van der Waals surface area contributed by atoms with Crippen LogP contribution in [0.25, 0.3) is 10.8 Å². The standard InChI is InChI=1S/C16H21N/c1-11-9-10-14(15(17)16(2,3)4)13-8-6-5-7-12(11)13/h5-10,15H,17H2,1-4H3. The summed E-state index contributed by atoms with van der Waals surface area (Å²) in [6, 6.07) is 12.9. The zero-order valence-electron chi connectivity index (χ0n) is 11.1. The second-order valence-electron chi connectivity index (χ2n) is 5.86. The number of rotatable bonds is 1. The van der Waals surface area contributed by atoms with Gasteiger partial charge in [-0.3, -0.25) is 0 Å². The molecule has 1 heteroatoms. The van der Waals surface area contributed by atoms with E-state index in [9.17, 15) is 0 Å². The number of hydrogen-bond acceptors (Lipinski definition) is 1. The molecule has 90 valence electrons. The summed E-state index contributed by atoms with van der Waals surface area (Å²) in [7, 11) is 0. The summed E-state index contributed by atoms with van der Waals surface area (Å²) in [6.45, 7) is 8.71. The van der Waals surface area contributed by atoms with Crippen molar-refractivity contribution in [2.24, 2.45) is 11.1 Å². The first-order valence-electron chi connectivity index (χ1n) is 6.15. The van der Waals surface area contributed by atoms with Gasteiger partial charge in [-0.15, -0.1) is 0 Å². The van der Waals surface area contributed by atoms with Gasteiger partial charge in [0.2, 0.25) is 0 Å². The fourth-order valence-corrected chi connectivity index (χ4v) is 2.21. The molecule has 1 unspecified atom stereocenters. The van der Waals surface area contributed by atoms with Crippen molar-refractivity contribution >= 4 is 10.8 Å². The Bertz CT molecular complexity index is 535. The average molecular weight is 227 g/mol. The fourth-order valence-electron chi connectivity index (χ4n) is 2.21. The first-order chi connectivity index (χ1) is 7.91. The Morgan fingerprint density at radius 3 is 2.12 bits per heavy atom. The highest BCUT2D eigenvalue weighted by Gasteiger charge is 2.23. The molecule has 0 aliphatic rings. The summed E-state index contributed by atoms with van der Waals surface area (Å²) >= 11 is 0. The lowest BCUT2D eigenvalue weighted by atomic mass is 9.81. The second-order valence-corrected chi connectivity index (χ2v) is 5.86. The van der Waals surface area contributed by atoms with E-state index >= 15 is 0 Å². The molecule has 0 fully saturated rings. The van der Waals surface area contributed by atoms with Crippen LogP contribution in [0.4, 0.5) is 0 Å². The van der Waals surface area contributed by atoms with Crippen molar-refractivity contribution in [3.8, 4) is 0 Å². The Hall–Kier alpha value is -1.34. The van der Waals surface area contributed by atoms with Crippen molar-refractivity contribution in [3.05, 3.63) is 47.5 Å². The third kappa shape index (κ3) is 2.20. The highest BCUT2D eigenvalue weighted by atomic mass is 14.7. The van der Waals surface area contributed by atoms with Gasteiger partial charge < -0.3 is 5.73 Å². The molecule has 0 aromatic heterocycles. The molecule has 0 spiro atoms. The Kier molecular flexibility index (Phi) is 2.96. The van der Waals surface area contributed by atoms with E-state index in [-0.39, 0.29) is 11.5 Å². The van der Waals surface area contributed by atoms with E-state index in [1.54, 1.807) is 0 Å². The molecule has 2 aromatic carbocycles. The van der Waals surface area contributed by atoms with Gasteiger partial charge in [-0.2, -0.15) is 0 Å². The summed E-state index contributed by atoms with van der Waals surface area (Å²) in [4.78, 5) is 0. The number of aryl methyl sites for hydroxylation is 1. The molecule has 1 atom stereocenters. The predicted molar refractivity (Wildman–Crippen MR) is 75.1 cm³/mol. The molecule has 2 rings (SSSR count). The van der Waals surface area contributed by atoms with Gasteiger partial charge in [0.05, 0.1) is 0 Å². The van der Waals surface area contributed by atoms with E-state index in [0.29, 0.717) is 0 Å². The molecule has 1 nitrogen and oxygen atoms in total. The number of fused-ring (bicyclic) bond motifs is 1. The summed E-state index contributed by atoms with van der Waals surface area (Å²) in [6.07, 6.45) is 0. The smallest absolute Gasteiger partial charge is 0.0350 e. The third-order valence-corrected chi connectivity index (χ3v) is 3.44. The van der Waals surface area contributed by atoms with Crippen molar-refractivity contribution < 1.29 is 0 Å². The van der Waals surface area contributed by atoms with E-state index in [1.165, 1.54) is 21.9 Å². The van der Waals surface area contributed by atoms with E-state index in [1.807, 2.05) is 0 Å². The van der Waals surface area contributed by atoms with Gasteiger partial charge in [-0.25, -0.2) is 0 Å². The van der Waals surface area contributed by atoms with Gasteiger partial charge in [0, 0.05) is 6.04 Å². The van der Waals surface area contributed by atoms with Gasteiger partial charge in [0.1, 0.15) is 0 Å². The van der Waals surface area contributed by atoms with E-state index in [4.69, 9.17) is 5.73 Å². The van der Waals surface area contributed by atoms with Crippen LogP contribution < -0.4 is 5.73 Å². The normalized spacial score (nSPS) is 13.9. The first-order valence-corrected chi connectivity index (χ1v) is 6.15. The molecule has 0 aliphatic heterocycles. The molecule has 2 N–H and O–H groups in total. The van der Waals surface area contributed by atoms with Crippen LogP contribution in [0.2, 0.25) is 0 Å². The molecule has 0 amide bonds. The van der Waals surface area contributed by atoms with Crippen LogP contribution in [0.15, 0.2) is 36.4 Å². The van der Waals surface area contributed by atoms with Crippen molar-refractivity contribution in [1.29, 1.82) is 0 Å². The zero-order chi connectivity index (χ0) is 12.6. The molecular formula is C16H21N. The molecule has 0 bridgehead atoms. The van der Waals surface area contributed by atoms with Crippen molar-refractivity contribution in [1.82, 2.24) is 0 Å². The number of nitrogens with two attached hydrogens (primary N) is 1. The zero-order valence-corrected chi connectivity index (χ0v) is 11.1. The largest absolute Gasteiger partial charge is 0.323 e.